The largest absolute Gasteiger partial charge is 0.418 e. The van der Waals surface area contributed by atoms with Crippen LogP contribution >= 0.6 is 23.1 Å². The molecule has 13 heteroatoms. The van der Waals surface area contributed by atoms with E-state index in [0.717, 1.165) is 46.5 Å². The predicted molar refractivity (Wildman–Crippen MR) is 168 cm³/mol. The first-order valence-corrected chi connectivity index (χ1v) is 15.6. The molecule has 0 spiro atoms. The number of carbonyl (C=O) groups is 3. The number of fused-ring (bicyclic) bond motifs is 2. The summed E-state index contributed by atoms with van der Waals surface area (Å²) in [5.41, 5.74) is 1.36. The van der Waals surface area contributed by atoms with E-state index in [-0.39, 0.29) is 6.54 Å². The van der Waals surface area contributed by atoms with Crippen LogP contribution in [-0.4, -0.2) is 41.6 Å². The van der Waals surface area contributed by atoms with E-state index in [0.29, 0.717) is 26.1 Å². The van der Waals surface area contributed by atoms with Crippen LogP contribution in [-0.2, 0) is 27.1 Å². The van der Waals surface area contributed by atoms with Gasteiger partial charge in [0.15, 0.2) is 0 Å². The molecule has 0 aliphatic carbocycles. The van der Waals surface area contributed by atoms with Crippen LogP contribution in [0.3, 0.4) is 0 Å². The number of hydrogen-bond donors (Lipinski definition) is 1. The summed E-state index contributed by atoms with van der Waals surface area (Å²) >= 11 is 1.82. The fraction of sp³-hybridized carbons (Fsp3) is 0.250. The molecular formula is C32H27F3N4O4S2. The van der Waals surface area contributed by atoms with Crippen molar-refractivity contribution in [3.63, 3.8) is 0 Å². The van der Waals surface area contributed by atoms with E-state index in [2.05, 4.69) is 5.32 Å². The van der Waals surface area contributed by atoms with Gasteiger partial charge in [0, 0.05) is 36.3 Å². The Morgan fingerprint density at radius 1 is 0.956 bits per heavy atom. The van der Waals surface area contributed by atoms with Crippen molar-refractivity contribution in [3.8, 4) is 0 Å². The smallest absolute Gasteiger partial charge is 0.378 e. The fourth-order valence-corrected chi connectivity index (χ4v) is 8.58. The van der Waals surface area contributed by atoms with Gasteiger partial charge in [-0.25, -0.2) is 4.90 Å². The van der Waals surface area contributed by atoms with Gasteiger partial charge in [0.25, 0.3) is 0 Å². The van der Waals surface area contributed by atoms with Gasteiger partial charge in [-0.1, -0.05) is 59.5 Å². The first-order valence-electron chi connectivity index (χ1n) is 13.9. The summed E-state index contributed by atoms with van der Waals surface area (Å²) in [6.45, 7) is 1.53. The second-order valence-corrected chi connectivity index (χ2v) is 13.2. The van der Waals surface area contributed by atoms with Gasteiger partial charge in [-0.2, -0.15) is 13.2 Å². The van der Waals surface area contributed by atoms with E-state index in [4.69, 9.17) is 0 Å². The van der Waals surface area contributed by atoms with Crippen LogP contribution in [0.25, 0.3) is 0 Å². The first-order chi connectivity index (χ1) is 21.3. The van der Waals surface area contributed by atoms with E-state index in [1.165, 1.54) is 16.7 Å². The summed E-state index contributed by atoms with van der Waals surface area (Å²) < 4.78 is 43.3. The Bertz CT molecular complexity index is 1880. The number of nitrogens with one attached hydrogen (secondary N) is 1. The van der Waals surface area contributed by atoms with Crippen molar-refractivity contribution >= 4 is 57.9 Å². The van der Waals surface area contributed by atoms with Crippen LogP contribution in [0.5, 0.6) is 0 Å². The Hall–Kier alpha value is -4.36. The minimum absolute atomic E-state index is 0.347. The quantitative estimate of drug-likeness (QED) is 0.268. The zero-order valence-corrected chi connectivity index (χ0v) is 25.9. The van der Waals surface area contributed by atoms with E-state index >= 15 is 0 Å². The summed E-state index contributed by atoms with van der Waals surface area (Å²) in [6.07, 6.45) is -4.80. The molecular weight excluding hydrogens is 626 g/mol. The average Bonchev–Trinajstić information content (AvgIpc) is 3.42. The monoisotopic (exact) mass is 652 g/mol. The standard InChI is InChI=1S/C32H27F3N4O4S2/c1-17-7-6-8-19(15-17)36-23(40)16-38-30-27(45-31(38)43)24(18-11-13-20(14-12-18)37(2)3)25-26(44-30)29(42)39(28(25)41)22-10-5-4-9-21(22)32(33,34)35/h4-15,24-26H,16H2,1-3H3,(H,36,40)/t24-,25?,26?/m1/s1. The Morgan fingerprint density at radius 2 is 1.67 bits per heavy atom. The number of carbonyl (C=O) groups excluding carboxylic acids is 3. The van der Waals surface area contributed by atoms with Gasteiger partial charge in [-0.15, -0.1) is 0 Å². The summed E-state index contributed by atoms with van der Waals surface area (Å²) in [6, 6.07) is 18.9. The van der Waals surface area contributed by atoms with E-state index in [9.17, 15) is 32.3 Å². The van der Waals surface area contributed by atoms with Gasteiger partial charge in [0.1, 0.15) is 11.8 Å². The molecule has 3 amide bonds. The number of para-hydroxylation sites is 1. The highest BCUT2D eigenvalue weighted by molar-refractivity contribution is 8.00. The van der Waals surface area contributed by atoms with Crippen molar-refractivity contribution in [2.45, 2.75) is 35.8 Å². The number of benzene rings is 3. The number of anilines is 3. The van der Waals surface area contributed by atoms with E-state index < -0.39 is 57.1 Å². The minimum atomic E-state index is -4.80. The summed E-state index contributed by atoms with van der Waals surface area (Å²) in [5.74, 6) is -3.92. The van der Waals surface area contributed by atoms with Crippen molar-refractivity contribution < 1.29 is 27.6 Å². The third kappa shape index (κ3) is 5.54. The highest BCUT2D eigenvalue weighted by atomic mass is 32.2. The maximum atomic E-state index is 14.1. The molecule has 1 saturated heterocycles. The molecule has 4 aromatic rings. The molecule has 0 radical (unpaired) electrons. The number of nitrogens with zero attached hydrogens (tertiary/aromatic N) is 3. The third-order valence-corrected chi connectivity index (χ3v) is 10.5. The zero-order valence-electron chi connectivity index (χ0n) is 24.3. The number of halogens is 3. The number of amides is 3. The number of hydrogen-bond acceptors (Lipinski definition) is 7. The Morgan fingerprint density at radius 3 is 2.33 bits per heavy atom. The van der Waals surface area contributed by atoms with Gasteiger partial charge in [0.05, 0.1) is 22.2 Å². The second kappa shape index (κ2) is 11.5. The highest BCUT2D eigenvalue weighted by Crippen LogP contribution is 2.54. The minimum Gasteiger partial charge on any atom is -0.378 e. The SMILES string of the molecule is Cc1cccc(NC(=O)Cn2c3c(sc2=O)[C@H](c2ccc(N(C)C)cc2)C2C(=O)N(c4ccccc4C(F)(F)F)C(=O)C2S3)c1. The lowest BCUT2D eigenvalue weighted by atomic mass is 9.83. The van der Waals surface area contributed by atoms with E-state index in [1.807, 2.05) is 44.1 Å². The first kappa shape index (κ1) is 30.7. The Labute approximate surface area is 264 Å². The van der Waals surface area contributed by atoms with Gasteiger partial charge in [-0.3, -0.25) is 23.7 Å². The van der Waals surface area contributed by atoms with Gasteiger partial charge in [-0.05, 0) is 54.4 Å². The number of alkyl halides is 3. The van der Waals surface area contributed by atoms with Crippen LogP contribution < -0.4 is 20.0 Å². The summed E-state index contributed by atoms with van der Waals surface area (Å²) in [4.78, 5) is 57.0. The Kier molecular flexibility index (Phi) is 7.86. The molecule has 2 unspecified atom stereocenters. The molecule has 1 fully saturated rings. The molecule has 2 aliphatic rings. The lowest BCUT2D eigenvalue weighted by Crippen LogP contribution is -2.33. The molecule has 6 rings (SSSR count). The molecule has 2 aliphatic heterocycles. The number of imide groups is 1. The van der Waals surface area contributed by atoms with Crippen molar-refractivity contribution in [3.05, 3.63) is 104 Å². The zero-order chi connectivity index (χ0) is 32.2. The number of aryl methyl sites for hydroxylation is 1. The summed E-state index contributed by atoms with van der Waals surface area (Å²) in [5, 5.41) is 2.01. The number of aromatic nitrogens is 1. The van der Waals surface area contributed by atoms with Crippen LogP contribution in [0.1, 0.15) is 27.5 Å². The van der Waals surface area contributed by atoms with Crippen LogP contribution in [0.15, 0.2) is 82.6 Å². The summed E-state index contributed by atoms with van der Waals surface area (Å²) in [7, 11) is 3.73. The molecule has 1 N–H and O–H groups in total. The van der Waals surface area contributed by atoms with Crippen LogP contribution in [0.4, 0.5) is 30.2 Å². The molecule has 0 saturated carbocycles. The molecule has 1 aromatic heterocycles. The number of rotatable bonds is 6. The fourth-order valence-electron chi connectivity index (χ4n) is 5.81. The van der Waals surface area contributed by atoms with Crippen molar-refractivity contribution in [2.24, 2.45) is 5.92 Å². The molecule has 0 bridgehead atoms. The highest BCUT2D eigenvalue weighted by Gasteiger charge is 2.57. The average molecular weight is 653 g/mol. The molecule has 3 atom stereocenters. The van der Waals surface area contributed by atoms with Crippen molar-refractivity contribution in [1.82, 2.24) is 4.57 Å². The molecule has 232 valence electrons. The second-order valence-electron chi connectivity index (χ2n) is 11.1. The molecule has 3 heterocycles. The topological polar surface area (TPSA) is 91.7 Å². The van der Waals surface area contributed by atoms with E-state index in [1.54, 1.807) is 30.3 Å². The molecule has 3 aromatic carbocycles. The Balaban J connectivity index is 1.44. The van der Waals surface area contributed by atoms with Gasteiger partial charge < -0.3 is 10.2 Å². The third-order valence-electron chi connectivity index (χ3n) is 7.87. The lowest BCUT2D eigenvalue weighted by Gasteiger charge is -2.31. The molecule has 8 nitrogen and oxygen atoms in total. The maximum absolute atomic E-state index is 14.1. The van der Waals surface area contributed by atoms with Gasteiger partial charge in [0.2, 0.25) is 17.7 Å². The van der Waals surface area contributed by atoms with Gasteiger partial charge >= 0.3 is 11.0 Å². The maximum Gasteiger partial charge on any atom is 0.418 e. The normalized spacial score (nSPS) is 19.3. The lowest BCUT2D eigenvalue weighted by molar-refractivity contribution is -0.137. The van der Waals surface area contributed by atoms with Crippen LogP contribution in [0.2, 0.25) is 0 Å². The van der Waals surface area contributed by atoms with Crippen LogP contribution in [0, 0.1) is 12.8 Å². The molecule has 45 heavy (non-hydrogen) atoms. The number of thiazole rings is 1. The number of thioether (sulfide) groups is 1. The van der Waals surface area contributed by atoms with Crippen molar-refractivity contribution in [1.29, 1.82) is 0 Å². The van der Waals surface area contributed by atoms with Crippen molar-refractivity contribution in [2.75, 3.05) is 29.2 Å². The predicted octanol–water partition coefficient (Wildman–Crippen LogP) is 5.74.